The van der Waals surface area contributed by atoms with Crippen molar-refractivity contribution in [2.24, 2.45) is 0 Å². The third-order valence-electron chi connectivity index (χ3n) is 3.05. The molecule has 20 heavy (non-hydrogen) atoms. The summed E-state index contributed by atoms with van der Waals surface area (Å²) >= 11 is 0. The number of hydrogen-bond donors (Lipinski definition) is 2. The van der Waals surface area contributed by atoms with Crippen molar-refractivity contribution < 1.29 is 4.79 Å². The summed E-state index contributed by atoms with van der Waals surface area (Å²) < 4.78 is 0. The molecule has 0 unspecified atom stereocenters. The van der Waals surface area contributed by atoms with Crippen LogP contribution in [0.4, 0.5) is 21.9 Å². The molecule has 2 aromatic carbocycles. The van der Waals surface area contributed by atoms with E-state index in [0.29, 0.717) is 12.2 Å². The molecule has 0 radical (unpaired) electrons. The van der Waals surface area contributed by atoms with E-state index in [0.717, 1.165) is 16.9 Å². The van der Waals surface area contributed by atoms with Gasteiger partial charge in [-0.15, -0.1) is 0 Å². The number of urea groups is 1. The highest BCUT2D eigenvalue weighted by Crippen LogP contribution is 2.19. The summed E-state index contributed by atoms with van der Waals surface area (Å²) in [5.74, 6) is 0. The van der Waals surface area contributed by atoms with Gasteiger partial charge in [-0.05, 0) is 44.2 Å². The molecule has 0 aliphatic heterocycles. The Morgan fingerprint density at radius 1 is 1.20 bits per heavy atom. The largest absolute Gasteiger partial charge is 0.399 e. The summed E-state index contributed by atoms with van der Waals surface area (Å²) in [6, 6.07) is 14.8. The van der Waals surface area contributed by atoms with Crippen molar-refractivity contribution in [3.8, 4) is 0 Å². The van der Waals surface area contributed by atoms with Gasteiger partial charge < -0.3 is 11.1 Å². The molecular formula is C16H19N3O. The number of nitrogens with two attached hydrogens (primary N) is 1. The molecule has 2 amide bonds. The van der Waals surface area contributed by atoms with E-state index in [4.69, 9.17) is 5.73 Å². The van der Waals surface area contributed by atoms with Gasteiger partial charge in [0.25, 0.3) is 0 Å². The summed E-state index contributed by atoms with van der Waals surface area (Å²) in [7, 11) is 0. The second kappa shape index (κ2) is 6.10. The zero-order valence-corrected chi connectivity index (χ0v) is 11.8. The molecule has 0 spiro atoms. The van der Waals surface area contributed by atoms with Crippen LogP contribution < -0.4 is 16.0 Å². The van der Waals surface area contributed by atoms with Gasteiger partial charge in [-0.3, -0.25) is 4.90 Å². The van der Waals surface area contributed by atoms with Crippen molar-refractivity contribution in [1.29, 1.82) is 0 Å². The Morgan fingerprint density at radius 3 is 2.50 bits per heavy atom. The molecule has 0 bridgehead atoms. The lowest BCUT2D eigenvalue weighted by atomic mass is 10.2. The van der Waals surface area contributed by atoms with Crippen LogP contribution in [-0.4, -0.2) is 12.6 Å². The third kappa shape index (κ3) is 3.29. The molecule has 0 saturated carbocycles. The highest BCUT2D eigenvalue weighted by atomic mass is 16.2. The number of hydrogen-bond acceptors (Lipinski definition) is 2. The Morgan fingerprint density at radius 2 is 1.90 bits per heavy atom. The number of nitrogens with one attached hydrogen (secondary N) is 1. The maximum atomic E-state index is 12.3. The van der Waals surface area contributed by atoms with Crippen LogP contribution in [0.3, 0.4) is 0 Å². The number of rotatable bonds is 3. The first kappa shape index (κ1) is 13.9. The topological polar surface area (TPSA) is 58.4 Å². The van der Waals surface area contributed by atoms with E-state index in [1.54, 1.807) is 17.0 Å². The van der Waals surface area contributed by atoms with Crippen LogP contribution in [0.25, 0.3) is 0 Å². The molecule has 2 aromatic rings. The van der Waals surface area contributed by atoms with Gasteiger partial charge in [0.1, 0.15) is 0 Å². The van der Waals surface area contributed by atoms with Gasteiger partial charge >= 0.3 is 6.03 Å². The van der Waals surface area contributed by atoms with E-state index in [2.05, 4.69) is 5.32 Å². The highest BCUT2D eigenvalue weighted by Gasteiger charge is 2.13. The minimum atomic E-state index is -0.165. The monoisotopic (exact) mass is 269 g/mol. The van der Waals surface area contributed by atoms with Gasteiger partial charge in [0.15, 0.2) is 0 Å². The number of amides is 2. The van der Waals surface area contributed by atoms with Crippen LogP contribution in [0.15, 0.2) is 48.5 Å². The predicted molar refractivity (Wildman–Crippen MR) is 84.1 cm³/mol. The Bertz CT molecular complexity index is 593. The molecule has 104 valence electrons. The minimum Gasteiger partial charge on any atom is -0.399 e. The minimum absolute atomic E-state index is 0.165. The summed E-state index contributed by atoms with van der Waals surface area (Å²) in [5.41, 5.74) is 9.13. The van der Waals surface area contributed by atoms with Crippen molar-refractivity contribution in [2.45, 2.75) is 13.8 Å². The molecule has 0 heterocycles. The van der Waals surface area contributed by atoms with Crippen molar-refractivity contribution in [2.75, 3.05) is 22.5 Å². The van der Waals surface area contributed by atoms with Gasteiger partial charge in [-0.2, -0.15) is 0 Å². The average Bonchev–Trinajstić information content (AvgIpc) is 2.42. The second-order valence-corrected chi connectivity index (χ2v) is 4.64. The molecule has 3 N–H and O–H groups in total. The maximum absolute atomic E-state index is 12.3. The molecule has 0 aromatic heterocycles. The van der Waals surface area contributed by atoms with Crippen molar-refractivity contribution in [1.82, 2.24) is 0 Å². The quantitative estimate of drug-likeness (QED) is 0.836. The molecule has 0 aliphatic carbocycles. The Kier molecular flexibility index (Phi) is 4.25. The molecule has 0 aliphatic rings. The van der Waals surface area contributed by atoms with Gasteiger partial charge in [0, 0.05) is 23.6 Å². The molecule has 4 heteroatoms. The van der Waals surface area contributed by atoms with Gasteiger partial charge in [0.05, 0.1) is 0 Å². The zero-order valence-electron chi connectivity index (χ0n) is 11.8. The number of nitrogen functional groups attached to an aromatic ring is 1. The summed E-state index contributed by atoms with van der Waals surface area (Å²) in [4.78, 5) is 14.0. The Labute approximate surface area is 119 Å². The van der Waals surface area contributed by atoms with E-state index in [-0.39, 0.29) is 6.03 Å². The van der Waals surface area contributed by atoms with Crippen molar-refractivity contribution >= 4 is 23.1 Å². The lowest BCUT2D eigenvalue weighted by Crippen LogP contribution is -2.34. The summed E-state index contributed by atoms with van der Waals surface area (Å²) in [5, 5.41) is 2.88. The highest BCUT2D eigenvalue weighted by molar-refractivity contribution is 6.01. The number of nitrogens with zero attached hydrogens (tertiary/aromatic N) is 1. The predicted octanol–water partition coefficient (Wildman–Crippen LogP) is 3.64. The first-order valence-corrected chi connectivity index (χ1v) is 6.61. The Hall–Kier alpha value is -2.49. The summed E-state index contributed by atoms with van der Waals surface area (Å²) in [6.45, 7) is 4.51. The molecule has 0 saturated heterocycles. The molecule has 0 atom stereocenters. The first-order chi connectivity index (χ1) is 9.60. The van der Waals surface area contributed by atoms with Crippen LogP contribution in [0.2, 0.25) is 0 Å². The van der Waals surface area contributed by atoms with E-state index < -0.39 is 0 Å². The molecule has 4 nitrogen and oxygen atoms in total. The molecule has 2 rings (SSSR count). The SMILES string of the molecule is CCN(C(=O)Nc1ccc(C)cc1)c1cccc(N)c1. The smallest absolute Gasteiger partial charge is 0.326 e. The van der Waals surface area contributed by atoms with Crippen molar-refractivity contribution in [3.05, 3.63) is 54.1 Å². The normalized spacial score (nSPS) is 10.1. The maximum Gasteiger partial charge on any atom is 0.326 e. The number of benzene rings is 2. The molecule has 0 fully saturated rings. The average molecular weight is 269 g/mol. The Balaban J connectivity index is 2.15. The lowest BCUT2D eigenvalue weighted by molar-refractivity contribution is 0.257. The third-order valence-corrected chi connectivity index (χ3v) is 3.05. The van der Waals surface area contributed by atoms with Crippen molar-refractivity contribution in [3.63, 3.8) is 0 Å². The van der Waals surface area contributed by atoms with Crippen LogP contribution in [-0.2, 0) is 0 Å². The lowest BCUT2D eigenvalue weighted by Gasteiger charge is -2.22. The fourth-order valence-electron chi connectivity index (χ4n) is 1.96. The second-order valence-electron chi connectivity index (χ2n) is 4.64. The van der Waals surface area contributed by atoms with E-state index in [1.807, 2.05) is 50.2 Å². The number of anilines is 3. The first-order valence-electron chi connectivity index (χ1n) is 6.61. The summed E-state index contributed by atoms with van der Waals surface area (Å²) in [6.07, 6.45) is 0. The van der Waals surface area contributed by atoms with Crippen LogP contribution in [0.5, 0.6) is 0 Å². The van der Waals surface area contributed by atoms with Crippen LogP contribution in [0.1, 0.15) is 12.5 Å². The van der Waals surface area contributed by atoms with E-state index in [9.17, 15) is 4.79 Å². The van der Waals surface area contributed by atoms with Gasteiger partial charge in [-0.25, -0.2) is 4.79 Å². The van der Waals surface area contributed by atoms with Gasteiger partial charge in [-0.1, -0.05) is 23.8 Å². The number of carbonyl (C=O) groups is 1. The zero-order chi connectivity index (χ0) is 14.5. The van der Waals surface area contributed by atoms with Crippen LogP contribution in [0, 0.1) is 6.92 Å². The standard InChI is InChI=1S/C16H19N3O/c1-3-19(15-6-4-5-13(17)11-15)16(20)18-14-9-7-12(2)8-10-14/h4-11H,3,17H2,1-2H3,(H,18,20). The molecular weight excluding hydrogens is 250 g/mol. The fraction of sp³-hybridized carbons (Fsp3) is 0.188. The van der Waals surface area contributed by atoms with E-state index in [1.165, 1.54) is 0 Å². The number of carbonyl (C=O) groups excluding carboxylic acids is 1. The van der Waals surface area contributed by atoms with Gasteiger partial charge in [0.2, 0.25) is 0 Å². The fourth-order valence-corrected chi connectivity index (χ4v) is 1.96. The van der Waals surface area contributed by atoms with E-state index >= 15 is 0 Å². The van der Waals surface area contributed by atoms with Crippen LogP contribution >= 0.6 is 0 Å². The number of aryl methyl sites for hydroxylation is 1.